The molecule has 0 saturated carbocycles. The summed E-state index contributed by atoms with van der Waals surface area (Å²) in [5, 5.41) is 3.31. The quantitative estimate of drug-likeness (QED) is 0.805. The Morgan fingerprint density at radius 1 is 1.13 bits per heavy atom. The van der Waals surface area contributed by atoms with E-state index in [1.165, 1.54) is 0 Å². The molecule has 5 nitrogen and oxygen atoms in total. The van der Waals surface area contributed by atoms with Gasteiger partial charge in [0, 0.05) is 12.6 Å². The first-order chi connectivity index (χ1) is 10.6. The molecule has 2 rings (SSSR count). The molecule has 0 bridgehead atoms. The number of nitrogens with zero attached hydrogens (tertiary/aromatic N) is 2. The van der Waals surface area contributed by atoms with Crippen molar-refractivity contribution in [1.29, 1.82) is 0 Å². The summed E-state index contributed by atoms with van der Waals surface area (Å²) in [6.45, 7) is 2.96. The van der Waals surface area contributed by atoms with Crippen molar-refractivity contribution in [3.63, 3.8) is 0 Å². The van der Waals surface area contributed by atoms with E-state index in [9.17, 15) is 21.6 Å². The zero-order chi connectivity index (χ0) is 17.1. The lowest BCUT2D eigenvalue weighted by Crippen LogP contribution is -2.50. The third-order valence-corrected chi connectivity index (χ3v) is 5.98. The van der Waals surface area contributed by atoms with Crippen molar-refractivity contribution in [3.8, 4) is 0 Å². The molecule has 23 heavy (non-hydrogen) atoms. The van der Waals surface area contributed by atoms with Crippen LogP contribution in [0.1, 0.15) is 25.7 Å². The third kappa shape index (κ3) is 6.21. The average molecular weight is 357 g/mol. The van der Waals surface area contributed by atoms with Crippen molar-refractivity contribution in [2.75, 3.05) is 45.5 Å². The number of hydrogen-bond acceptors (Lipinski definition) is 4. The Bertz CT molecular complexity index is 470. The molecular weight excluding hydrogens is 331 g/mol. The Kier molecular flexibility index (Phi) is 6.32. The fraction of sp³-hybridized carbons (Fsp3) is 1.00. The Balaban J connectivity index is 1.87. The highest BCUT2D eigenvalue weighted by Crippen LogP contribution is 2.26. The number of nitrogens with one attached hydrogen (secondary N) is 1. The smallest absolute Gasteiger partial charge is 0.317 e. The van der Waals surface area contributed by atoms with Crippen molar-refractivity contribution in [2.45, 2.75) is 37.9 Å². The molecule has 2 aliphatic heterocycles. The summed E-state index contributed by atoms with van der Waals surface area (Å²) in [5.41, 5.74) is 0. The highest BCUT2D eigenvalue weighted by atomic mass is 32.2. The topological polar surface area (TPSA) is 52.7 Å². The summed E-state index contributed by atoms with van der Waals surface area (Å²) in [6, 6.07) is -0.545. The van der Waals surface area contributed by atoms with Crippen molar-refractivity contribution in [2.24, 2.45) is 5.92 Å². The summed E-state index contributed by atoms with van der Waals surface area (Å²) >= 11 is 0. The zero-order valence-electron chi connectivity index (χ0n) is 13.5. The van der Waals surface area contributed by atoms with E-state index in [2.05, 4.69) is 10.2 Å². The van der Waals surface area contributed by atoms with E-state index in [-0.39, 0.29) is 0 Å². The molecular formula is C14H26F3N3O2S. The molecule has 2 aliphatic rings. The molecule has 1 N–H and O–H groups in total. The maximum absolute atomic E-state index is 12.7. The standard InChI is InChI=1S/C14H26F3N3O2S/c1-23(21,22)20(11-14(15,16)17)13-4-8-19(9-5-13)10-12-2-6-18-7-3-12/h12-13,18H,2-11H2,1H3. The number of sulfonamides is 1. The lowest BCUT2D eigenvalue weighted by Gasteiger charge is -2.39. The minimum Gasteiger partial charge on any atom is -0.317 e. The third-order valence-electron chi connectivity index (χ3n) is 4.70. The van der Waals surface area contributed by atoms with E-state index in [1.54, 1.807) is 0 Å². The number of hydrogen-bond donors (Lipinski definition) is 1. The second-order valence-electron chi connectivity index (χ2n) is 6.65. The van der Waals surface area contributed by atoms with Crippen LogP contribution in [0, 0.1) is 5.92 Å². The molecule has 2 fully saturated rings. The number of halogens is 3. The monoisotopic (exact) mass is 357 g/mol. The SMILES string of the molecule is CS(=O)(=O)N(CC(F)(F)F)C1CCN(CC2CCNCC2)CC1. The predicted molar refractivity (Wildman–Crippen MR) is 82.7 cm³/mol. The second kappa shape index (κ2) is 7.67. The maximum atomic E-state index is 12.7. The van der Waals surface area contributed by atoms with Crippen LogP contribution < -0.4 is 5.32 Å². The first-order valence-corrected chi connectivity index (χ1v) is 9.96. The largest absolute Gasteiger partial charge is 0.402 e. The van der Waals surface area contributed by atoms with Crippen LogP contribution in [0.5, 0.6) is 0 Å². The Labute approximate surface area is 136 Å². The van der Waals surface area contributed by atoms with Gasteiger partial charge >= 0.3 is 6.18 Å². The minimum absolute atomic E-state index is 0.466. The van der Waals surface area contributed by atoms with Gasteiger partial charge in [0.1, 0.15) is 6.54 Å². The van der Waals surface area contributed by atoms with E-state index in [1.807, 2.05) is 0 Å². The van der Waals surface area contributed by atoms with Crippen molar-refractivity contribution >= 4 is 10.0 Å². The van der Waals surface area contributed by atoms with E-state index in [0.29, 0.717) is 36.2 Å². The van der Waals surface area contributed by atoms with Crippen LogP contribution in [0.4, 0.5) is 13.2 Å². The van der Waals surface area contributed by atoms with Gasteiger partial charge in [-0.25, -0.2) is 8.42 Å². The number of piperidine rings is 2. The first-order valence-electron chi connectivity index (χ1n) is 8.12. The Morgan fingerprint density at radius 3 is 2.17 bits per heavy atom. The van der Waals surface area contributed by atoms with Gasteiger partial charge in [0.25, 0.3) is 0 Å². The molecule has 0 aromatic heterocycles. The van der Waals surface area contributed by atoms with Crippen LogP contribution in [0.3, 0.4) is 0 Å². The van der Waals surface area contributed by atoms with Gasteiger partial charge in [-0.1, -0.05) is 0 Å². The molecule has 0 aliphatic carbocycles. The van der Waals surface area contributed by atoms with Gasteiger partial charge in [0.15, 0.2) is 0 Å². The molecule has 0 amide bonds. The van der Waals surface area contributed by atoms with Crippen molar-refractivity contribution < 1.29 is 21.6 Å². The molecule has 136 valence electrons. The van der Waals surface area contributed by atoms with Crippen LogP contribution in [0.15, 0.2) is 0 Å². The lowest BCUT2D eigenvalue weighted by atomic mass is 9.96. The highest BCUT2D eigenvalue weighted by Gasteiger charge is 2.39. The summed E-state index contributed by atoms with van der Waals surface area (Å²) < 4.78 is 62.0. The molecule has 0 unspecified atom stereocenters. The fourth-order valence-corrected chi connectivity index (χ4v) is 4.65. The molecule has 0 aromatic carbocycles. The number of likely N-dealkylation sites (tertiary alicyclic amines) is 1. The zero-order valence-corrected chi connectivity index (χ0v) is 14.3. The van der Waals surface area contributed by atoms with E-state index < -0.39 is 28.8 Å². The van der Waals surface area contributed by atoms with E-state index in [0.717, 1.165) is 38.7 Å². The van der Waals surface area contributed by atoms with Gasteiger partial charge in [-0.05, 0) is 57.8 Å². The van der Waals surface area contributed by atoms with Gasteiger partial charge in [-0.2, -0.15) is 17.5 Å². The first kappa shape index (κ1) is 19.0. The summed E-state index contributed by atoms with van der Waals surface area (Å²) in [6.07, 6.45) is -0.454. The summed E-state index contributed by atoms with van der Waals surface area (Å²) in [5.74, 6) is 0.633. The summed E-state index contributed by atoms with van der Waals surface area (Å²) in [4.78, 5) is 2.26. The number of alkyl halides is 3. The van der Waals surface area contributed by atoms with Crippen LogP contribution in [0.2, 0.25) is 0 Å². The normalized spacial score (nSPS) is 23.5. The van der Waals surface area contributed by atoms with Crippen LogP contribution in [-0.2, 0) is 10.0 Å². The van der Waals surface area contributed by atoms with Gasteiger partial charge in [-0.3, -0.25) is 0 Å². The number of rotatable bonds is 5. The average Bonchev–Trinajstić information content (AvgIpc) is 2.45. The molecule has 0 aromatic rings. The molecule has 2 saturated heterocycles. The predicted octanol–water partition coefficient (Wildman–Crippen LogP) is 1.27. The molecule has 0 spiro atoms. The van der Waals surface area contributed by atoms with Crippen LogP contribution in [-0.4, -0.2) is 75.4 Å². The second-order valence-corrected chi connectivity index (χ2v) is 8.58. The maximum Gasteiger partial charge on any atom is 0.402 e. The van der Waals surface area contributed by atoms with Gasteiger partial charge in [0.05, 0.1) is 6.26 Å². The van der Waals surface area contributed by atoms with Crippen molar-refractivity contribution in [1.82, 2.24) is 14.5 Å². The lowest BCUT2D eigenvalue weighted by molar-refractivity contribution is -0.140. The highest BCUT2D eigenvalue weighted by molar-refractivity contribution is 7.88. The van der Waals surface area contributed by atoms with Crippen molar-refractivity contribution in [3.05, 3.63) is 0 Å². The fourth-order valence-electron chi connectivity index (χ4n) is 3.51. The van der Waals surface area contributed by atoms with E-state index >= 15 is 0 Å². The molecule has 0 radical (unpaired) electrons. The van der Waals surface area contributed by atoms with Gasteiger partial charge in [0.2, 0.25) is 10.0 Å². The Morgan fingerprint density at radius 2 is 1.70 bits per heavy atom. The van der Waals surface area contributed by atoms with E-state index in [4.69, 9.17) is 0 Å². The van der Waals surface area contributed by atoms with Gasteiger partial charge in [-0.15, -0.1) is 0 Å². The van der Waals surface area contributed by atoms with Crippen LogP contribution in [0.25, 0.3) is 0 Å². The van der Waals surface area contributed by atoms with Crippen LogP contribution >= 0.6 is 0 Å². The summed E-state index contributed by atoms with van der Waals surface area (Å²) in [7, 11) is -3.86. The Hall–Kier alpha value is -0.380. The van der Waals surface area contributed by atoms with Gasteiger partial charge < -0.3 is 10.2 Å². The minimum atomic E-state index is -4.50. The molecule has 2 heterocycles. The molecule has 9 heteroatoms. The molecule has 0 atom stereocenters.